The molecule has 2 unspecified atom stereocenters. The van der Waals surface area contributed by atoms with E-state index in [1.54, 1.807) is 6.92 Å². The lowest BCUT2D eigenvalue weighted by Crippen LogP contribution is -2.31. The van der Waals surface area contributed by atoms with Gasteiger partial charge in [-0.2, -0.15) is 8.42 Å². The summed E-state index contributed by atoms with van der Waals surface area (Å²) in [7, 11) is -8.43. The van der Waals surface area contributed by atoms with Crippen LogP contribution in [-0.2, 0) is 24.1 Å². The van der Waals surface area contributed by atoms with Crippen LogP contribution in [0.5, 0.6) is 0 Å². The van der Waals surface area contributed by atoms with Crippen LogP contribution in [0.1, 0.15) is 30.6 Å². The van der Waals surface area contributed by atoms with Gasteiger partial charge in [0.15, 0.2) is 9.84 Å². The van der Waals surface area contributed by atoms with Crippen molar-refractivity contribution in [1.29, 1.82) is 0 Å². The van der Waals surface area contributed by atoms with Crippen LogP contribution in [0.3, 0.4) is 0 Å². The lowest BCUT2D eigenvalue weighted by Gasteiger charge is -2.27. The van der Waals surface area contributed by atoms with E-state index in [1.807, 2.05) is 0 Å². The Bertz CT molecular complexity index is 1040. The van der Waals surface area contributed by atoms with Gasteiger partial charge in [-0.3, -0.25) is 4.18 Å². The van der Waals surface area contributed by atoms with Crippen molar-refractivity contribution in [2.24, 2.45) is 0 Å². The molecule has 2 aromatic rings. The highest BCUT2D eigenvalue weighted by Gasteiger charge is 2.40. The zero-order valence-electron chi connectivity index (χ0n) is 15.1. The molecule has 0 saturated carbocycles. The third kappa shape index (κ3) is 5.50. The first kappa shape index (κ1) is 22.7. The molecule has 0 radical (unpaired) electrons. The molecule has 0 saturated heterocycles. The van der Waals surface area contributed by atoms with Crippen LogP contribution < -0.4 is 0 Å². The fourth-order valence-electron chi connectivity index (χ4n) is 2.83. The predicted octanol–water partition coefficient (Wildman–Crippen LogP) is 4.28. The van der Waals surface area contributed by atoms with Crippen molar-refractivity contribution in [3.63, 3.8) is 0 Å². The zero-order valence-corrected chi connectivity index (χ0v) is 17.5. The van der Waals surface area contributed by atoms with Gasteiger partial charge >= 0.3 is 0 Å². The average Bonchev–Trinajstić information content (AvgIpc) is 2.57. The molecule has 2 rings (SSSR count). The Morgan fingerprint density at radius 2 is 1.64 bits per heavy atom. The van der Waals surface area contributed by atoms with Crippen LogP contribution in [0.2, 0.25) is 5.02 Å². The number of halogens is 3. The van der Waals surface area contributed by atoms with Crippen LogP contribution in [0.4, 0.5) is 8.78 Å². The Kier molecular flexibility index (Phi) is 7.19. The molecular formula is C18H19ClF2O5S2. The molecule has 2 aromatic carbocycles. The molecule has 5 nitrogen and oxygen atoms in total. The van der Waals surface area contributed by atoms with Crippen molar-refractivity contribution in [1.82, 2.24) is 0 Å². The Morgan fingerprint density at radius 3 is 2.18 bits per heavy atom. The molecule has 0 spiro atoms. The Morgan fingerprint density at radius 1 is 1.04 bits per heavy atom. The van der Waals surface area contributed by atoms with Gasteiger partial charge in [0, 0.05) is 10.6 Å². The normalized spacial score (nSPS) is 14.6. The summed E-state index contributed by atoms with van der Waals surface area (Å²) in [5.74, 6) is -1.84. The smallest absolute Gasteiger partial charge is 0.264 e. The summed E-state index contributed by atoms with van der Waals surface area (Å²) in [6.45, 7) is 1.69. The van der Waals surface area contributed by atoms with E-state index < -0.39 is 48.5 Å². The van der Waals surface area contributed by atoms with E-state index in [2.05, 4.69) is 0 Å². The Hall–Kier alpha value is -1.55. The highest BCUT2D eigenvalue weighted by atomic mass is 35.5. The van der Waals surface area contributed by atoms with E-state index >= 15 is 0 Å². The first-order valence-electron chi connectivity index (χ1n) is 8.28. The van der Waals surface area contributed by atoms with Crippen molar-refractivity contribution in [2.75, 3.05) is 6.26 Å². The van der Waals surface area contributed by atoms with Crippen LogP contribution >= 0.6 is 11.6 Å². The van der Waals surface area contributed by atoms with E-state index in [-0.39, 0.29) is 16.3 Å². The summed E-state index contributed by atoms with van der Waals surface area (Å²) in [4.78, 5) is -0.219. The maximum absolute atomic E-state index is 14.5. The van der Waals surface area contributed by atoms with Gasteiger partial charge < -0.3 is 0 Å². The standard InChI is InChI=1S/C18H19ClF2O5S2/c1-3-4-17(26-27(2,22)23)18(15-11-13(20)7-10-16(15)21)28(24,25)14-8-5-12(19)6-9-14/h5-11,17-18H,3-4H2,1-2H3. The number of hydrogen-bond acceptors (Lipinski definition) is 5. The van der Waals surface area contributed by atoms with Gasteiger partial charge in [-0.05, 0) is 48.9 Å². The quantitative estimate of drug-likeness (QED) is 0.559. The summed E-state index contributed by atoms with van der Waals surface area (Å²) in [6.07, 6.45) is -0.342. The molecule has 0 bridgehead atoms. The molecule has 0 aliphatic rings. The first-order valence-corrected chi connectivity index (χ1v) is 12.0. The molecule has 0 aliphatic carbocycles. The second-order valence-corrected chi connectivity index (χ2v) is 10.3. The van der Waals surface area contributed by atoms with Crippen LogP contribution in [0, 0.1) is 11.6 Å². The van der Waals surface area contributed by atoms with Crippen LogP contribution in [0.25, 0.3) is 0 Å². The minimum absolute atomic E-state index is 0.0134. The van der Waals surface area contributed by atoms with Gasteiger partial charge in [0.25, 0.3) is 10.1 Å². The fraction of sp³-hybridized carbons (Fsp3) is 0.333. The van der Waals surface area contributed by atoms with Gasteiger partial charge in [0.1, 0.15) is 16.9 Å². The number of rotatable bonds is 8. The molecule has 0 heterocycles. The van der Waals surface area contributed by atoms with E-state index in [9.17, 15) is 25.6 Å². The SMILES string of the molecule is CCCC(OS(C)(=O)=O)C(c1cc(F)ccc1F)S(=O)(=O)c1ccc(Cl)cc1. The molecular weight excluding hydrogens is 434 g/mol. The van der Waals surface area contributed by atoms with Crippen molar-refractivity contribution in [3.05, 3.63) is 64.7 Å². The summed E-state index contributed by atoms with van der Waals surface area (Å²) >= 11 is 5.80. The number of hydrogen-bond donors (Lipinski definition) is 0. The van der Waals surface area contributed by atoms with E-state index in [4.69, 9.17) is 15.8 Å². The van der Waals surface area contributed by atoms with E-state index in [0.717, 1.165) is 24.5 Å². The zero-order chi connectivity index (χ0) is 21.1. The van der Waals surface area contributed by atoms with Crippen LogP contribution in [0.15, 0.2) is 47.4 Å². The highest BCUT2D eigenvalue weighted by Crippen LogP contribution is 2.37. The first-order chi connectivity index (χ1) is 13.0. The maximum atomic E-state index is 14.5. The largest absolute Gasteiger partial charge is 0.265 e. The Labute approximate surface area is 168 Å². The summed E-state index contributed by atoms with van der Waals surface area (Å²) in [5.41, 5.74) is -0.503. The van der Waals surface area contributed by atoms with Crippen molar-refractivity contribution in [2.45, 2.75) is 36.0 Å². The van der Waals surface area contributed by atoms with Gasteiger partial charge in [-0.15, -0.1) is 0 Å². The third-order valence-corrected chi connectivity index (χ3v) is 6.95. The lowest BCUT2D eigenvalue weighted by atomic mass is 10.0. The van der Waals surface area contributed by atoms with Crippen LogP contribution in [-0.4, -0.2) is 29.2 Å². The topological polar surface area (TPSA) is 77.5 Å². The second kappa shape index (κ2) is 8.86. The van der Waals surface area contributed by atoms with Gasteiger partial charge in [0.2, 0.25) is 0 Å². The molecule has 154 valence electrons. The highest BCUT2D eigenvalue weighted by molar-refractivity contribution is 7.91. The monoisotopic (exact) mass is 452 g/mol. The molecule has 0 aliphatic heterocycles. The molecule has 10 heteroatoms. The van der Waals surface area contributed by atoms with Crippen molar-refractivity contribution in [3.8, 4) is 0 Å². The molecule has 2 atom stereocenters. The summed E-state index contributed by atoms with van der Waals surface area (Å²) in [6, 6.07) is 7.47. The number of benzene rings is 2. The molecule has 0 aromatic heterocycles. The summed E-state index contributed by atoms with van der Waals surface area (Å²) < 4.78 is 83.3. The minimum Gasteiger partial charge on any atom is -0.265 e. The lowest BCUT2D eigenvalue weighted by molar-refractivity contribution is 0.191. The van der Waals surface area contributed by atoms with E-state index in [1.165, 1.54) is 24.3 Å². The molecule has 0 amide bonds. The summed E-state index contributed by atoms with van der Waals surface area (Å²) in [5, 5.41) is -1.50. The van der Waals surface area contributed by atoms with Gasteiger partial charge in [-0.25, -0.2) is 17.2 Å². The van der Waals surface area contributed by atoms with Gasteiger partial charge in [0.05, 0.1) is 17.3 Å². The fourth-order valence-corrected chi connectivity index (χ4v) is 5.60. The van der Waals surface area contributed by atoms with Crippen molar-refractivity contribution >= 4 is 31.6 Å². The third-order valence-electron chi connectivity index (χ3n) is 3.95. The van der Waals surface area contributed by atoms with E-state index in [0.29, 0.717) is 6.42 Å². The molecule has 28 heavy (non-hydrogen) atoms. The number of sulfone groups is 1. The van der Waals surface area contributed by atoms with Crippen molar-refractivity contribution < 1.29 is 29.8 Å². The second-order valence-electron chi connectivity index (χ2n) is 6.21. The predicted molar refractivity (Wildman–Crippen MR) is 102 cm³/mol. The average molecular weight is 453 g/mol. The van der Waals surface area contributed by atoms with Gasteiger partial charge in [-0.1, -0.05) is 24.9 Å². The maximum Gasteiger partial charge on any atom is 0.264 e. The minimum atomic E-state index is -4.36. The molecule has 0 fully saturated rings. The Balaban J connectivity index is 2.73. The molecule has 0 N–H and O–H groups in total.